The van der Waals surface area contributed by atoms with Gasteiger partial charge in [-0.15, -0.1) is 0 Å². The maximum absolute atomic E-state index is 9.67. The molecule has 26 heavy (non-hydrogen) atoms. The Bertz CT molecular complexity index is 367. The second-order valence-corrected chi connectivity index (χ2v) is 10.0. The normalized spacial score (nSPS) is 12.2. The largest absolute Gasteiger partial charge is 3.00 e. The molecule has 0 aromatic heterocycles. The van der Waals surface area contributed by atoms with Crippen LogP contribution in [-0.4, -0.2) is 37.0 Å². The zero-order chi connectivity index (χ0) is 19.7. The van der Waals surface area contributed by atoms with Gasteiger partial charge in [0.05, 0.1) is 0 Å². The summed E-state index contributed by atoms with van der Waals surface area (Å²) in [7, 11) is -15.1. The minimum atomic E-state index is -2.52. The molecule has 0 rings (SSSR count). The first kappa shape index (κ1) is 38.1. The molecule has 0 bridgehead atoms. The minimum absolute atomic E-state index is 0. The van der Waals surface area contributed by atoms with Gasteiger partial charge in [0, 0.05) is 0 Å². The van der Waals surface area contributed by atoms with Crippen LogP contribution in [0.5, 0.6) is 0 Å². The first-order chi connectivity index (χ1) is 10.9. The van der Waals surface area contributed by atoms with Gasteiger partial charge < -0.3 is 29.4 Å². The van der Waals surface area contributed by atoms with E-state index in [9.17, 15) is 56.8 Å². The van der Waals surface area contributed by atoms with Gasteiger partial charge in [-0.3, -0.25) is 0 Å². The van der Waals surface area contributed by atoms with E-state index in [4.69, 9.17) is 0 Å². The average Bonchev–Trinajstić information content (AvgIpc) is 2.42. The molecule has 0 aromatic rings. The van der Waals surface area contributed by atoms with Gasteiger partial charge in [0.2, 0.25) is 0 Å². The van der Waals surface area contributed by atoms with Gasteiger partial charge >= 0.3 is 82.3 Å². The van der Waals surface area contributed by atoms with E-state index in [0.717, 1.165) is 0 Å². The molecule has 0 spiro atoms. The summed E-state index contributed by atoms with van der Waals surface area (Å²) in [4.78, 5) is 58.0. The van der Waals surface area contributed by atoms with Crippen molar-refractivity contribution in [1.29, 1.82) is 0 Å². The molecule has 0 aromatic carbocycles. The molecule has 6 unspecified atom stereocenters. The summed E-state index contributed by atoms with van der Waals surface area (Å²) in [5, 5.41) is 0. The fourth-order valence-electron chi connectivity index (χ4n) is 0.490. The van der Waals surface area contributed by atoms with Gasteiger partial charge in [-0.2, -0.15) is 0 Å². The summed E-state index contributed by atoms with van der Waals surface area (Å²) >= 11 is 0. The first-order valence-corrected chi connectivity index (χ1v) is 13.8. The van der Waals surface area contributed by atoms with Crippen LogP contribution in [0.25, 0.3) is 0 Å². The molecular weight excluding hydrogens is 562 g/mol. The SMILES string of the molecule is O=[P+]([O-])CC[P+](=O)[O-].O=[P+]([O-])CC[P+](=O)[O-].O=[P+]([O-])CC[P+](=O)[O-].[Fe+3].[Fe+3]. The summed E-state index contributed by atoms with van der Waals surface area (Å²) in [6.07, 6.45) is -1.54. The molecule has 20 heteroatoms. The van der Waals surface area contributed by atoms with Crippen molar-refractivity contribution in [2.24, 2.45) is 0 Å². The van der Waals surface area contributed by atoms with Crippen molar-refractivity contribution in [3.63, 3.8) is 0 Å². The summed E-state index contributed by atoms with van der Waals surface area (Å²) in [5.74, 6) is 0. The van der Waals surface area contributed by atoms with E-state index in [1.807, 2.05) is 0 Å². The number of hydrogen-bond donors (Lipinski definition) is 0. The molecule has 2 radical (unpaired) electrons. The van der Waals surface area contributed by atoms with E-state index in [-0.39, 0.29) is 71.1 Å². The van der Waals surface area contributed by atoms with E-state index >= 15 is 0 Å². The Morgan fingerprint density at radius 1 is 0.346 bits per heavy atom. The van der Waals surface area contributed by atoms with E-state index in [1.165, 1.54) is 0 Å². The third kappa shape index (κ3) is 56.2. The second kappa shape index (κ2) is 26.4. The Balaban J connectivity index is -0.0000000817. The van der Waals surface area contributed by atoms with Crippen LogP contribution in [0.15, 0.2) is 0 Å². The standard InChI is InChI=1S/3C2H4O4P2.2Fe/c3*3-7(4)1-2-8(5)6;;/h3*1-2H2;;/q;;;2*+3. The molecule has 0 saturated heterocycles. The van der Waals surface area contributed by atoms with Crippen LogP contribution in [0.3, 0.4) is 0 Å². The van der Waals surface area contributed by atoms with Crippen LogP contribution in [0, 0.1) is 0 Å². The maximum Gasteiger partial charge on any atom is 3.00 e. The van der Waals surface area contributed by atoms with E-state index in [1.54, 1.807) is 0 Å². The van der Waals surface area contributed by atoms with Gasteiger partial charge in [-0.1, -0.05) is 27.4 Å². The quantitative estimate of drug-likeness (QED) is 0.206. The zero-order valence-electron chi connectivity index (χ0n) is 12.5. The summed E-state index contributed by atoms with van der Waals surface area (Å²) in [5.41, 5.74) is 0. The van der Waals surface area contributed by atoms with Gasteiger partial charge in [0.15, 0.2) is 37.0 Å². The third-order valence-corrected chi connectivity index (χ3v) is 5.99. The van der Waals surface area contributed by atoms with E-state index < -0.39 is 48.2 Å². The number of rotatable bonds is 9. The van der Waals surface area contributed by atoms with Crippen molar-refractivity contribution in [1.82, 2.24) is 0 Å². The fourth-order valence-corrected chi connectivity index (χ4v) is 4.41. The van der Waals surface area contributed by atoms with E-state index in [2.05, 4.69) is 0 Å². The Kier molecular flexibility index (Phi) is 38.6. The van der Waals surface area contributed by atoms with Crippen molar-refractivity contribution in [3.05, 3.63) is 0 Å². The maximum atomic E-state index is 9.67. The predicted molar refractivity (Wildman–Crippen MR) is 74.8 cm³/mol. The van der Waals surface area contributed by atoms with Crippen LogP contribution in [0.1, 0.15) is 0 Å². The Labute approximate surface area is 175 Å². The first-order valence-electron chi connectivity index (χ1n) is 5.59. The molecular formula is C6H12Fe2O12P6+6. The van der Waals surface area contributed by atoms with Crippen molar-refractivity contribution >= 4 is 48.2 Å². The van der Waals surface area contributed by atoms with Gasteiger partial charge in [-0.25, -0.2) is 0 Å². The van der Waals surface area contributed by atoms with E-state index in [0.29, 0.717) is 0 Å². The van der Waals surface area contributed by atoms with Crippen molar-refractivity contribution < 1.29 is 90.9 Å². The molecule has 0 aliphatic carbocycles. The topological polar surface area (TPSA) is 241 Å². The predicted octanol–water partition coefficient (Wildman–Crippen LogP) is -2.43. The Hall–Kier alpha value is 1.40. The molecule has 0 aliphatic rings. The molecule has 0 saturated carbocycles. The van der Waals surface area contributed by atoms with Crippen LogP contribution in [-0.2, 0) is 61.5 Å². The molecule has 6 atom stereocenters. The average molecular weight is 574 g/mol. The molecule has 12 nitrogen and oxygen atoms in total. The van der Waals surface area contributed by atoms with Crippen molar-refractivity contribution in [2.45, 2.75) is 0 Å². The smallest absolute Gasteiger partial charge is 0.595 e. The van der Waals surface area contributed by atoms with Crippen molar-refractivity contribution in [2.75, 3.05) is 37.0 Å². The molecule has 0 N–H and O–H groups in total. The monoisotopic (exact) mass is 574 g/mol. The van der Waals surface area contributed by atoms with Crippen LogP contribution >= 0.6 is 48.2 Å². The molecule has 148 valence electrons. The Morgan fingerprint density at radius 2 is 0.423 bits per heavy atom. The van der Waals surface area contributed by atoms with Crippen LogP contribution < -0.4 is 29.4 Å². The van der Waals surface area contributed by atoms with Crippen LogP contribution in [0.2, 0.25) is 0 Å². The zero-order valence-corrected chi connectivity index (χ0v) is 20.1. The third-order valence-electron chi connectivity index (χ3n) is 1.40. The minimum Gasteiger partial charge on any atom is -0.595 e. The molecule has 0 heterocycles. The second-order valence-electron chi connectivity index (χ2n) is 3.34. The molecule has 0 fully saturated rings. The Morgan fingerprint density at radius 3 is 0.462 bits per heavy atom. The molecule has 0 aliphatic heterocycles. The van der Waals surface area contributed by atoms with Crippen LogP contribution in [0.4, 0.5) is 0 Å². The van der Waals surface area contributed by atoms with Crippen molar-refractivity contribution in [3.8, 4) is 0 Å². The summed E-state index contributed by atoms with van der Waals surface area (Å²) < 4.78 is 58.0. The van der Waals surface area contributed by atoms with Gasteiger partial charge in [-0.05, 0) is 0 Å². The van der Waals surface area contributed by atoms with Gasteiger partial charge in [0.1, 0.15) is 0 Å². The summed E-state index contributed by atoms with van der Waals surface area (Å²) in [6.45, 7) is 0. The number of hydrogen-bond acceptors (Lipinski definition) is 12. The fraction of sp³-hybridized carbons (Fsp3) is 1.00. The molecule has 0 amide bonds. The van der Waals surface area contributed by atoms with Gasteiger partial charge in [0.25, 0.3) is 0 Å². The summed E-state index contributed by atoms with van der Waals surface area (Å²) in [6, 6.07) is 0.